The Hall–Kier alpha value is -2.95. The summed E-state index contributed by atoms with van der Waals surface area (Å²) in [5.74, 6) is 2.20. The summed E-state index contributed by atoms with van der Waals surface area (Å²) in [6.45, 7) is 0.283. The molecule has 2 aromatic carbocycles. The van der Waals surface area contributed by atoms with Crippen LogP contribution in [0.1, 0.15) is 5.56 Å². The number of carbonyl (C=O) groups excluding carboxylic acids is 1. The lowest BCUT2D eigenvalue weighted by atomic mass is 10.1. The highest BCUT2D eigenvalue weighted by atomic mass is 35.5. The zero-order valence-corrected chi connectivity index (χ0v) is 15.0. The Morgan fingerprint density at radius 3 is 2.69 bits per heavy atom. The SMILES string of the molecule is C#CCn1c(=NC(=O)Cc2ccc([N+](=O)[O-])cc2)sc2cc(Cl)ccc21. The minimum Gasteiger partial charge on any atom is -0.305 e. The minimum atomic E-state index is -0.485. The summed E-state index contributed by atoms with van der Waals surface area (Å²) < 4.78 is 2.67. The monoisotopic (exact) mass is 385 g/mol. The van der Waals surface area contributed by atoms with Gasteiger partial charge in [-0.15, -0.1) is 6.42 Å². The second-order valence-electron chi connectivity index (χ2n) is 5.39. The first-order chi connectivity index (χ1) is 12.5. The normalized spacial score (nSPS) is 11.5. The van der Waals surface area contributed by atoms with Crippen LogP contribution in [0.5, 0.6) is 0 Å². The van der Waals surface area contributed by atoms with Gasteiger partial charge in [-0.3, -0.25) is 14.9 Å². The van der Waals surface area contributed by atoms with Gasteiger partial charge in [0.1, 0.15) is 0 Å². The Balaban J connectivity index is 1.93. The number of hydrogen-bond acceptors (Lipinski definition) is 4. The zero-order chi connectivity index (χ0) is 18.7. The quantitative estimate of drug-likeness (QED) is 0.391. The van der Waals surface area contributed by atoms with E-state index in [1.54, 1.807) is 28.8 Å². The van der Waals surface area contributed by atoms with Crippen LogP contribution in [0.25, 0.3) is 10.2 Å². The minimum absolute atomic E-state index is 0.0219. The summed E-state index contributed by atoms with van der Waals surface area (Å²) in [5, 5.41) is 11.3. The third-order valence-electron chi connectivity index (χ3n) is 3.62. The van der Waals surface area contributed by atoms with Gasteiger partial charge >= 0.3 is 0 Å². The molecule has 3 rings (SSSR count). The molecule has 0 unspecified atom stereocenters. The average molecular weight is 386 g/mol. The van der Waals surface area contributed by atoms with Gasteiger partial charge < -0.3 is 4.57 Å². The Morgan fingerprint density at radius 2 is 2.04 bits per heavy atom. The number of hydrogen-bond donors (Lipinski definition) is 0. The molecule has 0 radical (unpaired) electrons. The highest BCUT2D eigenvalue weighted by molar-refractivity contribution is 7.16. The van der Waals surface area contributed by atoms with Crippen LogP contribution >= 0.6 is 22.9 Å². The number of carbonyl (C=O) groups is 1. The molecule has 0 fully saturated rings. The molecule has 1 heterocycles. The van der Waals surface area contributed by atoms with Gasteiger partial charge in [0.2, 0.25) is 0 Å². The highest BCUT2D eigenvalue weighted by Crippen LogP contribution is 2.22. The largest absolute Gasteiger partial charge is 0.305 e. The van der Waals surface area contributed by atoms with Crippen LogP contribution in [0.3, 0.4) is 0 Å². The summed E-state index contributed by atoms with van der Waals surface area (Å²) >= 11 is 7.35. The molecule has 6 nitrogen and oxygen atoms in total. The number of amides is 1. The lowest BCUT2D eigenvalue weighted by molar-refractivity contribution is -0.384. The summed E-state index contributed by atoms with van der Waals surface area (Å²) in [5.41, 5.74) is 1.49. The number of fused-ring (bicyclic) bond motifs is 1. The molecule has 0 saturated heterocycles. The Kier molecular flexibility index (Phi) is 5.16. The molecule has 1 aromatic heterocycles. The van der Waals surface area contributed by atoms with Gasteiger partial charge in [-0.2, -0.15) is 4.99 Å². The Bertz CT molecular complexity index is 1110. The maximum Gasteiger partial charge on any atom is 0.269 e. The topological polar surface area (TPSA) is 77.5 Å². The van der Waals surface area contributed by atoms with Crippen molar-refractivity contribution >= 4 is 44.7 Å². The number of nitrogens with zero attached hydrogens (tertiary/aromatic N) is 3. The van der Waals surface area contributed by atoms with Crippen LogP contribution in [0, 0.1) is 22.5 Å². The van der Waals surface area contributed by atoms with E-state index in [1.165, 1.54) is 23.5 Å². The first-order valence-corrected chi connectivity index (χ1v) is 8.70. The van der Waals surface area contributed by atoms with Crippen LogP contribution in [-0.4, -0.2) is 15.4 Å². The first kappa shape index (κ1) is 17.9. The molecule has 0 atom stereocenters. The Labute approximate surface area is 157 Å². The molecule has 0 bridgehead atoms. The summed E-state index contributed by atoms with van der Waals surface area (Å²) in [6.07, 6.45) is 5.47. The molecular weight excluding hydrogens is 374 g/mol. The van der Waals surface area contributed by atoms with E-state index < -0.39 is 4.92 Å². The van der Waals surface area contributed by atoms with E-state index in [0.29, 0.717) is 15.4 Å². The van der Waals surface area contributed by atoms with Crippen LogP contribution in [0.15, 0.2) is 47.5 Å². The van der Waals surface area contributed by atoms with Crippen molar-refractivity contribution in [3.05, 3.63) is 68.0 Å². The fourth-order valence-electron chi connectivity index (χ4n) is 2.43. The van der Waals surface area contributed by atoms with Gasteiger partial charge in [0.05, 0.1) is 28.1 Å². The van der Waals surface area contributed by atoms with E-state index in [9.17, 15) is 14.9 Å². The number of non-ortho nitro benzene ring substituents is 1. The second-order valence-corrected chi connectivity index (χ2v) is 6.84. The molecule has 1 amide bonds. The second kappa shape index (κ2) is 7.52. The van der Waals surface area contributed by atoms with Crippen molar-refractivity contribution < 1.29 is 9.72 Å². The lowest BCUT2D eigenvalue weighted by Crippen LogP contribution is -2.17. The maximum absolute atomic E-state index is 12.3. The van der Waals surface area contributed by atoms with E-state index in [4.69, 9.17) is 18.0 Å². The van der Waals surface area contributed by atoms with Crippen molar-refractivity contribution in [1.29, 1.82) is 0 Å². The summed E-state index contributed by atoms with van der Waals surface area (Å²) in [6, 6.07) is 11.2. The fraction of sp³-hybridized carbons (Fsp3) is 0.111. The van der Waals surface area contributed by atoms with Crippen molar-refractivity contribution in [3.8, 4) is 12.3 Å². The number of halogens is 1. The van der Waals surface area contributed by atoms with Gasteiger partial charge in [-0.1, -0.05) is 41.0 Å². The van der Waals surface area contributed by atoms with Crippen molar-refractivity contribution in [2.24, 2.45) is 4.99 Å². The molecule has 130 valence electrons. The van der Waals surface area contributed by atoms with Gasteiger partial charge in [-0.05, 0) is 23.8 Å². The maximum atomic E-state index is 12.3. The third-order valence-corrected chi connectivity index (χ3v) is 4.89. The van der Waals surface area contributed by atoms with Crippen molar-refractivity contribution in [1.82, 2.24) is 4.57 Å². The summed E-state index contributed by atoms with van der Waals surface area (Å²) in [4.78, 5) is 27.2. The third kappa shape index (κ3) is 3.82. The molecule has 0 aliphatic rings. The molecule has 0 saturated carbocycles. The van der Waals surface area contributed by atoms with Gasteiger partial charge in [0.15, 0.2) is 4.80 Å². The van der Waals surface area contributed by atoms with E-state index in [-0.39, 0.29) is 24.6 Å². The van der Waals surface area contributed by atoms with E-state index >= 15 is 0 Å². The molecule has 8 heteroatoms. The Morgan fingerprint density at radius 1 is 1.31 bits per heavy atom. The number of nitro groups is 1. The van der Waals surface area contributed by atoms with Crippen LogP contribution < -0.4 is 4.80 Å². The van der Waals surface area contributed by atoms with E-state index in [0.717, 1.165) is 10.2 Å². The van der Waals surface area contributed by atoms with Crippen LogP contribution in [0.2, 0.25) is 5.02 Å². The van der Waals surface area contributed by atoms with Crippen LogP contribution in [-0.2, 0) is 17.8 Å². The molecule has 0 aliphatic heterocycles. The van der Waals surface area contributed by atoms with Gasteiger partial charge in [0.25, 0.3) is 11.6 Å². The number of thiazole rings is 1. The number of rotatable bonds is 4. The zero-order valence-electron chi connectivity index (χ0n) is 13.4. The van der Waals surface area contributed by atoms with Crippen molar-refractivity contribution in [2.75, 3.05) is 0 Å². The van der Waals surface area contributed by atoms with E-state index in [1.807, 2.05) is 6.07 Å². The fourth-order valence-corrected chi connectivity index (χ4v) is 3.76. The smallest absolute Gasteiger partial charge is 0.269 e. The molecular formula is C18H12ClN3O3S. The van der Waals surface area contributed by atoms with Crippen molar-refractivity contribution in [3.63, 3.8) is 0 Å². The summed E-state index contributed by atoms with van der Waals surface area (Å²) in [7, 11) is 0. The molecule has 3 aromatic rings. The van der Waals surface area contributed by atoms with Crippen molar-refractivity contribution in [2.45, 2.75) is 13.0 Å². The number of terminal acetylenes is 1. The highest BCUT2D eigenvalue weighted by Gasteiger charge is 2.10. The molecule has 0 N–H and O–H groups in total. The number of nitro benzene ring substituents is 1. The molecule has 26 heavy (non-hydrogen) atoms. The number of aromatic nitrogens is 1. The molecule has 0 aliphatic carbocycles. The number of benzene rings is 2. The predicted octanol–water partition coefficient (Wildman–Crippen LogP) is 3.57. The molecule has 0 spiro atoms. The lowest BCUT2D eigenvalue weighted by Gasteiger charge is -2.00. The predicted molar refractivity (Wildman–Crippen MR) is 101 cm³/mol. The van der Waals surface area contributed by atoms with Crippen LogP contribution in [0.4, 0.5) is 5.69 Å². The standard InChI is InChI=1S/C18H12ClN3O3S/c1-2-9-21-15-8-5-13(19)11-16(15)26-18(21)20-17(23)10-12-3-6-14(7-4-12)22(24)25/h1,3-8,11H,9-10H2. The average Bonchev–Trinajstić information content (AvgIpc) is 2.92. The van der Waals surface area contributed by atoms with Gasteiger partial charge in [0, 0.05) is 17.2 Å². The van der Waals surface area contributed by atoms with E-state index in [2.05, 4.69) is 10.9 Å². The van der Waals surface area contributed by atoms with Gasteiger partial charge in [-0.25, -0.2) is 0 Å². The first-order valence-electron chi connectivity index (χ1n) is 7.51.